The number of para-hydroxylation sites is 1. The van der Waals surface area contributed by atoms with Crippen molar-refractivity contribution in [3.05, 3.63) is 48.0 Å². The predicted octanol–water partition coefficient (Wildman–Crippen LogP) is 2.10. The minimum Gasteiger partial charge on any atom is -0.872 e. The van der Waals surface area contributed by atoms with E-state index in [0.717, 1.165) is 24.8 Å². The molecule has 0 aromatic heterocycles. The first kappa shape index (κ1) is 25.6. The molecule has 0 radical (unpaired) electrons. The molecule has 0 spiro atoms. The summed E-state index contributed by atoms with van der Waals surface area (Å²) in [6.45, 7) is 2.20. The van der Waals surface area contributed by atoms with E-state index in [1.54, 1.807) is 18.2 Å². The Labute approximate surface area is 210 Å². The predicted molar refractivity (Wildman–Crippen MR) is 104 cm³/mol. The van der Waals surface area contributed by atoms with Crippen molar-refractivity contribution in [2.45, 2.75) is 63.2 Å². The Kier molecular flexibility index (Phi) is 11.9. The molecule has 7 heteroatoms. The van der Waals surface area contributed by atoms with E-state index in [4.69, 9.17) is 4.74 Å². The van der Waals surface area contributed by atoms with Crippen molar-refractivity contribution < 1.29 is 74.2 Å². The molecule has 148 valence electrons. The zero-order chi connectivity index (χ0) is 19.7. The molecule has 0 aliphatic carbocycles. The van der Waals surface area contributed by atoms with Crippen LogP contribution in [0.1, 0.15) is 57.4 Å². The maximum atomic E-state index is 11.9. The van der Waals surface area contributed by atoms with E-state index in [-0.39, 0.29) is 73.5 Å². The average molecular weight is 431 g/mol. The Morgan fingerprint density at radius 2 is 1.61 bits per heavy atom. The van der Waals surface area contributed by atoms with E-state index in [0.29, 0.717) is 0 Å². The SMILES string of the molecule is CCCCCCCCCc1cc([O-])cc(Oc2ccccc2S(=O)(=O)O)c1.[K+]. The number of hydrogen-bond donors (Lipinski definition) is 1. The molecule has 2 aromatic carbocycles. The number of hydrogen-bond acceptors (Lipinski definition) is 4. The Hall–Kier alpha value is -0.414. The van der Waals surface area contributed by atoms with Gasteiger partial charge in [-0.05, 0) is 42.7 Å². The third-order valence-electron chi connectivity index (χ3n) is 4.36. The third-order valence-corrected chi connectivity index (χ3v) is 5.26. The molecule has 0 amide bonds. The van der Waals surface area contributed by atoms with Crippen LogP contribution in [-0.2, 0) is 16.5 Å². The van der Waals surface area contributed by atoms with Crippen LogP contribution in [-0.4, -0.2) is 13.0 Å². The summed E-state index contributed by atoms with van der Waals surface area (Å²) in [6, 6.07) is 10.4. The zero-order valence-electron chi connectivity index (χ0n) is 16.7. The molecule has 0 bridgehead atoms. The second kappa shape index (κ2) is 13.0. The zero-order valence-corrected chi connectivity index (χ0v) is 20.6. The summed E-state index contributed by atoms with van der Waals surface area (Å²) in [5, 5.41) is 11.9. The van der Waals surface area contributed by atoms with Gasteiger partial charge in [0.05, 0.1) is 0 Å². The molecular formula is C21H27KO5S. The van der Waals surface area contributed by atoms with Crippen molar-refractivity contribution in [2.75, 3.05) is 0 Å². The van der Waals surface area contributed by atoms with E-state index >= 15 is 0 Å². The molecule has 5 nitrogen and oxygen atoms in total. The largest absolute Gasteiger partial charge is 1.00 e. The van der Waals surface area contributed by atoms with Crippen molar-refractivity contribution in [1.29, 1.82) is 0 Å². The number of aryl methyl sites for hydroxylation is 1. The fourth-order valence-corrected chi connectivity index (χ4v) is 3.61. The van der Waals surface area contributed by atoms with Gasteiger partial charge < -0.3 is 9.84 Å². The number of benzene rings is 2. The maximum absolute atomic E-state index is 11.9. The van der Waals surface area contributed by atoms with Crippen molar-refractivity contribution >= 4 is 10.1 Å². The van der Waals surface area contributed by atoms with E-state index in [1.807, 2.05) is 0 Å². The molecule has 0 unspecified atom stereocenters. The first-order valence-electron chi connectivity index (χ1n) is 9.45. The summed E-state index contributed by atoms with van der Waals surface area (Å²) >= 11 is 0. The first-order valence-corrected chi connectivity index (χ1v) is 10.9. The molecule has 1 N–H and O–H groups in total. The fraction of sp³-hybridized carbons (Fsp3) is 0.429. The molecule has 2 aromatic rings. The summed E-state index contributed by atoms with van der Waals surface area (Å²) in [6.07, 6.45) is 9.13. The fourth-order valence-electron chi connectivity index (χ4n) is 2.99. The van der Waals surface area contributed by atoms with Crippen molar-refractivity contribution in [1.82, 2.24) is 0 Å². The third kappa shape index (κ3) is 8.94. The van der Waals surface area contributed by atoms with Gasteiger partial charge in [-0.3, -0.25) is 4.55 Å². The molecule has 28 heavy (non-hydrogen) atoms. The second-order valence-corrected chi connectivity index (χ2v) is 8.10. The van der Waals surface area contributed by atoms with Crippen LogP contribution in [0.2, 0.25) is 0 Å². The van der Waals surface area contributed by atoms with Crippen LogP contribution in [0.3, 0.4) is 0 Å². The van der Waals surface area contributed by atoms with Gasteiger partial charge in [0, 0.05) is 0 Å². The van der Waals surface area contributed by atoms with Gasteiger partial charge in [0.2, 0.25) is 0 Å². The van der Waals surface area contributed by atoms with Crippen LogP contribution in [0.15, 0.2) is 47.4 Å². The summed E-state index contributed by atoms with van der Waals surface area (Å²) in [4.78, 5) is -0.324. The van der Waals surface area contributed by atoms with E-state index < -0.39 is 10.1 Å². The minimum atomic E-state index is -4.40. The van der Waals surface area contributed by atoms with E-state index in [1.165, 1.54) is 56.4 Å². The Bertz CT molecular complexity index is 836. The molecule has 2 rings (SSSR count). The molecule has 0 atom stereocenters. The molecule has 0 fully saturated rings. The number of unbranched alkanes of at least 4 members (excludes halogenated alkanes) is 6. The molecule has 0 saturated heterocycles. The maximum Gasteiger partial charge on any atom is 1.00 e. The summed E-state index contributed by atoms with van der Waals surface area (Å²) in [7, 11) is -4.40. The Morgan fingerprint density at radius 1 is 0.964 bits per heavy atom. The molecule has 0 heterocycles. The normalized spacial score (nSPS) is 11.1. The van der Waals surface area contributed by atoms with Gasteiger partial charge in [0.15, 0.2) is 0 Å². The van der Waals surface area contributed by atoms with Gasteiger partial charge in [0.1, 0.15) is 16.4 Å². The minimum absolute atomic E-state index is 0. The molecule has 0 aliphatic heterocycles. The first-order chi connectivity index (χ1) is 12.9. The van der Waals surface area contributed by atoms with Crippen LogP contribution >= 0.6 is 0 Å². The van der Waals surface area contributed by atoms with E-state index in [9.17, 15) is 18.1 Å². The van der Waals surface area contributed by atoms with Gasteiger partial charge in [-0.1, -0.05) is 63.6 Å². The topological polar surface area (TPSA) is 86.7 Å². The van der Waals surface area contributed by atoms with E-state index in [2.05, 4.69) is 6.92 Å². The number of rotatable bonds is 11. The summed E-state index contributed by atoms with van der Waals surface area (Å²) in [5.74, 6) is 0.0822. The smallest absolute Gasteiger partial charge is 0.872 e. The van der Waals surface area contributed by atoms with Crippen molar-refractivity contribution in [3.8, 4) is 17.2 Å². The van der Waals surface area contributed by atoms with Crippen LogP contribution in [0.4, 0.5) is 0 Å². The Morgan fingerprint density at radius 3 is 2.29 bits per heavy atom. The van der Waals surface area contributed by atoms with Gasteiger partial charge in [-0.25, -0.2) is 0 Å². The Balaban J connectivity index is 0.00000392. The van der Waals surface area contributed by atoms with Crippen molar-refractivity contribution in [3.63, 3.8) is 0 Å². The van der Waals surface area contributed by atoms with Crippen LogP contribution in [0, 0.1) is 0 Å². The monoisotopic (exact) mass is 430 g/mol. The molecular weight excluding hydrogens is 403 g/mol. The number of ether oxygens (including phenoxy) is 1. The van der Waals surface area contributed by atoms with Crippen molar-refractivity contribution in [2.24, 2.45) is 0 Å². The quantitative estimate of drug-likeness (QED) is 0.335. The van der Waals surface area contributed by atoms with Crippen LogP contribution < -0.4 is 61.2 Å². The van der Waals surface area contributed by atoms with Gasteiger partial charge in [-0.2, -0.15) is 8.42 Å². The second-order valence-electron chi connectivity index (χ2n) is 6.71. The van der Waals surface area contributed by atoms with Gasteiger partial charge >= 0.3 is 51.4 Å². The van der Waals surface area contributed by atoms with Gasteiger partial charge in [0.25, 0.3) is 10.1 Å². The standard InChI is InChI=1S/C21H28O5S.K/c1-2-3-4-5-6-7-8-11-17-14-18(22)16-19(15-17)26-20-12-9-10-13-21(20)27(23,24)25;/h9-10,12-16,22H,2-8,11H2,1H3,(H,23,24,25);/q;+1/p-1. The summed E-state index contributed by atoms with van der Waals surface area (Å²) < 4.78 is 37.8. The average Bonchev–Trinajstić information content (AvgIpc) is 2.60. The van der Waals surface area contributed by atoms with Crippen LogP contribution in [0.25, 0.3) is 0 Å². The molecule has 0 saturated carbocycles. The van der Waals surface area contributed by atoms with Crippen LogP contribution in [0.5, 0.6) is 17.2 Å². The summed E-state index contributed by atoms with van der Waals surface area (Å²) in [5.41, 5.74) is 0.871. The molecule has 0 aliphatic rings. The van der Waals surface area contributed by atoms with Gasteiger partial charge in [-0.15, -0.1) is 5.75 Å².